The van der Waals surface area contributed by atoms with Gasteiger partial charge in [0.1, 0.15) is 11.6 Å². The molecule has 23 heavy (non-hydrogen) atoms. The minimum Gasteiger partial charge on any atom is -0.483 e. The van der Waals surface area contributed by atoms with E-state index in [1.54, 1.807) is 6.07 Å². The van der Waals surface area contributed by atoms with Gasteiger partial charge in [0.2, 0.25) is 0 Å². The highest BCUT2D eigenvalue weighted by Gasteiger charge is 2.10. The number of hydrogen-bond donors (Lipinski definition) is 1. The molecule has 0 aliphatic heterocycles. The van der Waals surface area contributed by atoms with E-state index >= 15 is 0 Å². The van der Waals surface area contributed by atoms with Crippen LogP contribution in [0.15, 0.2) is 45.3 Å². The number of ether oxygens (including phenoxy) is 1. The molecular weight excluding hydrogens is 429 g/mol. The molecule has 0 atom stereocenters. The van der Waals surface area contributed by atoms with Gasteiger partial charge >= 0.3 is 0 Å². The van der Waals surface area contributed by atoms with E-state index in [9.17, 15) is 9.18 Å². The summed E-state index contributed by atoms with van der Waals surface area (Å²) in [7, 11) is 0. The van der Waals surface area contributed by atoms with Crippen LogP contribution in [0.5, 0.6) is 5.75 Å². The Bertz CT molecular complexity index is 707. The van der Waals surface area contributed by atoms with Crippen LogP contribution in [-0.2, 0) is 11.2 Å². The maximum atomic E-state index is 13.7. The first-order valence-electron chi connectivity index (χ1n) is 7.15. The summed E-state index contributed by atoms with van der Waals surface area (Å²) in [5.41, 5.74) is 1.33. The van der Waals surface area contributed by atoms with Crippen molar-refractivity contribution in [2.24, 2.45) is 0 Å². The molecule has 0 spiro atoms. The second kappa shape index (κ2) is 8.45. The van der Waals surface area contributed by atoms with E-state index in [0.717, 1.165) is 17.3 Å². The molecule has 0 unspecified atom stereocenters. The first-order chi connectivity index (χ1) is 11.0. The lowest BCUT2D eigenvalue weighted by molar-refractivity contribution is -0.118. The Kier molecular flexibility index (Phi) is 6.59. The molecule has 0 heterocycles. The molecule has 3 nitrogen and oxygen atoms in total. The van der Waals surface area contributed by atoms with Gasteiger partial charge in [-0.3, -0.25) is 4.79 Å². The average molecular weight is 445 g/mol. The molecule has 1 amide bonds. The molecule has 0 saturated heterocycles. The van der Waals surface area contributed by atoms with Gasteiger partial charge < -0.3 is 10.1 Å². The first-order valence-corrected chi connectivity index (χ1v) is 8.74. The fourth-order valence-electron chi connectivity index (χ4n) is 2.03. The molecule has 1 N–H and O–H groups in total. The van der Waals surface area contributed by atoms with Crippen LogP contribution in [0, 0.1) is 5.82 Å². The quantitative estimate of drug-likeness (QED) is 0.654. The summed E-state index contributed by atoms with van der Waals surface area (Å²) >= 11 is 6.60. The van der Waals surface area contributed by atoms with Crippen LogP contribution in [0.2, 0.25) is 0 Å². The summed E-state index contributed by atoms with van der Waals surface area (Å²) in [4.78, 5) is 11.9. The molecule has 6 heteroatoms. The highest BCUT2D eigenvalue weighted by molar-refractivity contribution is 9.10. The van der Waals surface area contributed by atoms with Crippen LogP contribution < -0.4 is 10.1 Å². The van der Waals surface area contributed by atoms with Gasteiger partial charge in [-0.1, -0.05) is 35.3 Å². The van der Waals surface area contributed by atoms with Crippen molar-refractivity contribution < 1.29 is 13.9 Å². The first kappa shape index (κ1) is 17.9. The lowest BCUT2D eigenvalue weighted by Crippen LogP contribution is -2.20. The minimum absolute atomic E-state index is 0.124. The van der Waals surface area contributed by atoms with Gasteiger partial charge in [-0.05, 0) is 58.2 Å². The number of amides is 1. The number of carbonyl (C=O) groups excluding carboxylic acids is 1. The van der Waals surface area contributed by atoms with Crippen molar-refractivity contribution in [1.29, 1.82) is 0 Å². The number of benzene rings is 2. The molecule has 122 valence electrons. The van der Waals surface area contributed by atoms with Gasteiger partial charge in [0.15, 0.2) is 6.61 Å². The van der Waals surface area contributed by atoms with Gasteiger partial charge in [0, 0.05) is 4.47 Å². The lowest BCUT2D eigenvalue weighted by Gasteiger charge is -2.10. The Labute approximate surface area is 151 Å². The van der Waals surface area contributed by atoms with Gasteiger partial charge in [0.25, 0.3) is 5.91 Å². The monoisotopic (exact) mass is 443 g/mol. The van der Waals surface area contributed by atoms with Crippen molar-refractivity contribution in [3.05, 3.63) is 56.7 Å². The van der Waals surface area contributed by atoms with Crippen LogP contribution in [0.3, 0.4) is 0 Å². The number of anilines is 1. The topological polar surface area (TPSA) is 38.3 Å². The molecule has 0 aliphatic carbocycles. The van der Waals surface area contributed by atoms with Crippen molar-refractivity contribution >= 4 is 43.5 Å². The van der Waals surface area contributed by atoms with E-state index in [-0.39, 0.29) is 12.3 Å². The van der Waals surface area contributed by atoms with Crippen molar-refractivity contribution in [3.63, 3.8) is 0 Å². The van der Waals surface area contributed by atoms with E-state index in [0.29, 0.717) is 10.2 Å². The summed E-state index contributed by atoms with van der Waals surface area (Å²) in [5.74, 6) is -0.343. The third-order valence-corrected chi connectivity index (χ3v) is 4.21. The van der Waals surface area contributed by atoms with Gasteiger partial charge in [-0.2, -0.15) is 0 Å². The van der Waals surface area contributed by atoms with Crippen LogP contribution in [0.25, 0.3) is 0 Å². The highest BCUT2D eigenvalue weighted by atomic mass is 79.9. The predicted molar refractivity (Wildman–Crippen MR) is 96.4 cm³/mol. The molecular formula is C17H16Br2FNO2. The van der Waals surface area contributed by atoms with Crippen molar-refractivity contribution in [1.82, 2.24) is 0 Å². The molecule has 2 aromatic rings. The third-order valence-electron chi connectivity index (χ3n) is 3.10. The minimum atomic E-state index is -0.502. The number of aryl methyl sites for hydroxylation is 1. The Morgan fingerprint density at radius 1 is 1.22 bits per heavy atom. The van der Waals surface area contributed by atoms with Crippen LogP contribution in [-0.4, -0.2) is 12.5 Å². The van der Waals surface area contributed by atoms with Crippen molar-refractivity contribution in [3.8, 4) is 5.75 Å². The van der Waals surface area contributed by atoms with E-state index in [2.05, 4.69) is 44.1 Å². The van der Waals surface area contributed by atoms with Gasteiger partial charge in [-0.15, -0.1) is 0 Å². The zero-order valence-corrected chi connectivity index (χ0v) is 15.7. The Morgan fingerprint density at radius 3 is 2.65 bits per heavy atom. The predicted octanol–water partition coefficient (Wildman–Crippen LogP) is 5.32. The molecule has 0 bridgehead atoms. The Hall–Kier alpha value is -1.40. The summed E-state index contributed by atoms with van der Waals surface area (Å²) in [6.45, 7) is 1.92. The Morgan fingerprint density at radius 2 is 2.00 bits per heavy atom. The van der Waals surface area contributed by atoms with Gasteiger partial charge in [-0.25, -0.2) is 4.39 Å². The second-order valence-electron chi connectivity index (χ2n) is 4.98. The average Bonchev–Trinajstić information content (AvgIpc) is 2.50. The molecule has 0 saturated carbocycles. The standard InChI is InChI=1S/C17H16Br2FNO2/c1-2-3-11-4-7-16(13(19)8-11)23-10-17(22)21-15-6-5-12(18)9-14(15)20/h4-9H,2-3,10H2,1H3,(H,21,22). The molecule has 0 radical (unpaired) electrons. The van der Waals surface area contributed by atoms with E-state index < -0.39 is 11.7 Å². The SMILES string of the molecule is CCCc1ccc(OCC(=O)Nc2ccc(Br)cc2F)c(Br)c1. The molecule has 2 rings (SSSR count). The largest absolute Gasteiger partial charge is 0.483 e. The number of hydrogen-bond acceptors (Lipinski definition) is 2. The fourth-order valence-corrected chi connectivity index (χ4v) is 2.90. The summed E-state index contributed by atoms with van der Waals surface area (Å²) in [6, 6.07) is 10.2. The fraction of sp³-hybridized carbons (Fsp3) is 0.235. The van der Waals surface area contributed by atoms with Gasteiger partial charge in [0.05, 0.1) is 10.2 Å². The normalized spacial score (nSPS) is 10.4. The maximum Gasteiger partial charge on any atom is 0.262 e. The highest BCUT2D eigenvalue weighted by Crippen LogP contribution is 2.26. The smallest absolute Gasteiger partial charge is 0.262 e. The van der Waals surface area contributed by atoms with Crippen molar-refractivity contribution in [2.45, 2.75) is 19.8 Å². The number of carbonyl (C=O) groups is 1. The van der Waals surface area contributed by atoms with E-state index in [4.69, 9.17) is 4.74 Å². The van der Waals surface area contributed by atoms with Crippen LogP contribution in [0.1, 0.15) is 18.9 Å². The van der Waals surface area contributed by atoms with Crippen LogP contribution >= 0.6 is 31.9 Å². The lowest BCUT2D eigenvalue weighted by atomic mass is 10.1. The molecule has 0 aromatic heterocycles. The zero-order chi connectivity index (χ0) is 16.8. The summed E-state index contributed by atoms with van der Waals surface area (Å²) in [5, 5.41) is 2.48. The zero-order valence-electron chi connectivity index (χ0n) is 12.5. The second-order valence-corrected chi connectivity index (χ2v) is 6.75. The Balaban J connectivity index is 1.94. The summed E-state index contributed by atoms with van der Waals surface area (Å²) in [6.07, 6.45) is 2.05. The molecule has 0 fully saturated rings. The van der Waals surface area contributed by atoms with Crippen LogP contribution in [0.4, 0.5) is 10.1 Å². The summed E-state index contributed by atoms with van der Waals surface area (Å²) < 4.78 is 20.5. The number of nitrogens with one attached hydrogen (secondary N) is 1. The number of rotatable bonds is 6. The maximum absolute atomic E-state index is 13.7. The molecule has 0 aliphatic rings. The van der Waals surface area contributed by atoms with Crippen molar-refractivity contribution in [2.75, 3.05) is 11.9 Å². The molecule has 2 aromatic carbocycles. The third kappa shape index (κ3) is 5.32. The van der Waals surface area contributed by atoms with E-state index in [1.165, 1.54) is 17.7 Å². The number of halogens is 3. The van der Waals surface area contributed by atoms with E-state index in [1.807, 2.05) is 18.2 Å².